The Bertz CT molecular complexity index is 2540. The Kier molecular flexibility index (Phi) is 6.84. The summed E-state index contributed by atoms with van der Waals surface area (Å²) in [5.74, 6) is 0. The highest BCUT2D eigenvalue weighted by atomic mass is 16.3. The van der Waals surface area contributed by atoms with Crippen molar-refractivity contribution in [3.63, 3.8) is 0 Å². The summed E-state index contributed by atoms with van der Waals surface area (Å²) in [7, 11) is 0. The molecule has 0 spiro atoms. The Morgan fingerprint density at radius 3 is 1.62 bits per heavy atom. The van der Waals surface area contributed by atoms with Gasteiger partial charge in [-0.1, -0.05) is 133 Å². The lowest BCUT2D eigenvalue weighted by Crippen LogP contribution is -2.10. The molecule has 0 N–H and O–H groups in total. The summed E-state index contributed by atoms with van der Waals surface area (Å²) in [4.78, 5) is 2.34. The molecule has 1 heterocycles. The van der Waals surface area contributed by atoms with E-state index in [2.05, 4.69) is 181 Å². The number of para-hydroxylation sites is 1. The zero-order valence-electron chi connectivity index (χ0n) is 26.3. The molecule has 0 saturated carbocycles. The van der Waals surface area contributed by atoms with Crippen molar-refractivity contribution in [3.8, 4) is 33.4 Å². The minimum absolute atomic E-state index is 0.877. The summed E-state index contributed by atoms with van der Waals surface area (Å²) in [5, 5.41) is 4.72. The third-order valence-electron chi connectivity index (χ3n) is 9.26. The Hall–Kier alpha value is -6.38. The maximum absolute atomic E-state index is 6.31. The van der Waals surface area contributed by atoms with Gasteiger partial charge in [0.1, 0.15) is 11.2 Å². The second-order valence-electron chi connectivity index (χ2n) is 12.2. The zero-order valence-corrected chi connectivity index (χ0v) is 26.3. The molecule has 226 valence electrons. The van der Waals surface area contributed by atoms with Crippen LogP contribution in [0, 0.1) is 0 Å². The molecule has 8 aromatic carbocycles. The highest BCUT2D eigenvalue weighted by molar-refractivity contribution is 6.13. The van der Waals surface area contributed by atoms with Gasteiger partial charge < -0.3 is 9.32 Å². The topological polar surface area (TPSA) is 16.4 Å². The number of rotatable bonds is 6. The molecular weight excluding hydrogens is 583 g/mol. The van der Waals surface area contributed by atoms with Gasteiger partial charge in [-0.3, -0.25) is 0 Å². The molecule has 48 heavy (non-hydrogen) atoms. The third kappa shape index (κ3) is 5.01. The third-order valence-corrected chi connectivity index (χ3v) is 9.26. The number of hydrogen-bond donors (Lipinski definition) is 0. The summed E-state index contributed by atoms with van der Waals surface area (Å²) in [6.45, 7) is 0. The first-order chi connectivity index (χ1) is 23.8. The molecule has 1 aromatic heterocycles. The average molecular weight is 614 g/mol. The number of anilines is 3. The van der Waals surface area contributed by atoms with Crippen LogP contribution in [0.1, 0.15) is 0 Å². The first-order valence-corrected chi connectivity index (χ1v) is 16.3. The predicted molar refractivity (Wildman–Crippen MR) is 202 cm³/mol. The molecule has 0 amide bonds. The number of hydrogen-bond acceptors (Lipinski definition) is 2. The van der Waals surface area contributed by atoms with Gasteiger partial charge in [0.2, 0.25) is 0 Å². The van der Waals surface area contributed by atoms with Gasteiger partial charge in [-0.2, -0.15) is 0 Å². The van der Waals surface area contributed by atoms with Crippen LogP contribution >= 0.6 is 0 Å². The highest BCUT2D eigenvalue weighted by Gasteiger charge is 2.19. The summed E-state index contributed by atoms with van der Waals surface area (Å²) in [6.07, 6.45) is 0. The van der Waals surface area contributed by atoms with Gasteiger partial charge in [0, 0.05) is 16.8 Å². The van der Waals surface area contributed by atoms with Crippen LogP contribution in [0.2, 0.25) is 0 Å². The molecular formula is C46H31NO. The normalized spacial score (nSPS) is 11.3. The first-order valence-electron chi connectivity index (χ1n) is 16.3. The van der Waals surface area contributed by atoms with E-state index in [9.17, 15) is 0 Å². The van der Waals surface area contributed by atoms with Crippen molar-refractivity contribution in [2.24, 2.45) is 0 Å². The number of nitrogens with zero attached hydrogens (tertiary/aromatic N) is 1. The number of furan rings is 1. The lowest BCUT2D eigenvalue weighted by molar-refractivity contribution is 0.669. The molecule has 2 nitrogen and oxygen atoms in total. The Balaban J connectivity index is 1.13. The molecule has 0 aliphatic rings. The largest absolute Gasteiger partial charge is 0.456 e. The van der Waals surface area contributed by atoms with Crippen molar-refractivity contribution in [2.75, 3.05) is 4.90 Å². The van der Waals surface area contributed by atoms with Crippen LogP contribution in [0.25, 0.3) is 66.1 Å². The van der Waals surface area contributed by atoms with Gasteiger partial charge in [0.25, 0.3) is 0 Å². The zero-order chi connectivity index (χ0) is 31.9. The molecule has 0 saturated heterocycles. The Morgan fingerprint density at radius 1 is 0.333 bits per heavy atom. The lowest BCUT2D eigenvalue weighted by atomic mass is 9.97. The standard InChI is InChI=1S/C46H31NO/c1-2-10-32(11-3-1)34-22-26-40(27-23-34)47(43-17-9-19-45-46(43)42-16-6-7-18-44(42)48-45)41-28-24-35(25-29-41)37-14-8-15-38(30-37)39-21-20-33-12-4-5-13-36(33)31-39/h1-31H. The van der Waals surface area contributed by atoms with Gasteiger partial charge in [-0.15, -0.1) is 0 Å². The highest BCUT2D eigenvalue weighted by Crippen LogP contribution is 2.43. The van der Waals surface area contributed by atoms with Crippen LogP contribution < -0.4 is 4.90 Å². The molecule has 0 bridgehead atoms. The average Bonchev–Trinajstić information content (AvgIpc) is 3.55. The fourth-order valence-corrected chi connectivity index (χ4v) is 6.85. The van der Waals surface area contributed by atoms with Crippen LogP contribution in [0.15, 0.2) is 192 Å². The smallest absolute Gasteiger partial charge is 0.137 e. The van der Waals surface area contributed by atoms with E-state index < -0.39 is 0 Å². The summed E-state index contributed by atoms with van der Waals surface area (Å²) in [5.41, 5.74) is 12.2. The van der Waals surface area contributed by atoms with Crippen molar-refractivity contribution >= 4 is 49.8 Å². The number of benzene rings is 8. The summed E-state index contributed by atoms with van der Waals surface area (Å²) >= 11 is 0. The second-order valence-corrected chi connectivity index (χ2v) is 12.2. The Labute approximate surface area is 279 Å². The molecule has 0 atom stereocenters. The molecule has 0 aliphatic heterocycles. The quantitative estimate of drug-likeness (QED) is 0.185. The maximum atomic E-state index is 6.31. The molecule has 2 heteroatoms. The number of fused-ring (bicyclic) bond motifs is 4. The van der Waals surface area contributed by atoms with Crippen LogP contribution in [-0.2, 0) is 0 Å². The first kappa shape index (κ1) is 27.9. The molecule has 9 aromatic rings. The second kappa shape index (κ2) is 11.8. The van der Waals surface area contributed by atoms with Gasteiger partial charge in [0.05, 0.1) is 11.1 Å². The van der Waals surface area contributed by atoms with Gasteiger partial charge in [-0.05, 0) is 98.8 Å². The van der Waals surface area contributed by atoms with Crippen LogP contribution in [0.4, 0.5) is 17.1 Å². The van der Waals surface area contributed by atoms with Crippen molar-refractivity contribution in [1.82, 2.24) is 0 Å². The van der Waals surface area contributed by atoms with E-state index >= 15 is 0 Å². The molecule has 9 rings (SSSR count). The van der Waals surface area contributed by atoms with E-state index in [1.807, 2.05) is 12.1 Å². The minimum atomic E-state index is 0.877. The molecule has 0 fully saturated rings. The lowest BCUT2D eigenvalue weighted by Gasteiger charge is -2.26. The molecule has 0 aliphatic carbocycles. The molecule has 0 unspecified atom stereocenters. The SMILES string of the molecule is c1ccc(-c2ccc(N(c3ccc(-c4cccc(-c5ccc6ccccc6c5)c4)cc3)c3cccc4oc5ccccc5c34)cc2)cc1. The van der Waals surface area contributed by atoms with E-state index in [4.69, 9.17) is 4.42 Å². The van der Waals surface area contributed by atoms with E-state index in [0.717, 1.165) is 39.0 Å². The van der Waals surface area contributed by atoms with E-state index in [1.54, 1.807) is 0 Å². The van der Waals surface area contributed by atoms with Crippen molar-refractivity contribution in [3.05, 3.63) is 188 Å². The van der Waals surface area contributed by atoms with Crippen LogP contribution in [0.5, 0.6) is 0 Å². The van der Waals surface area contributed by atoms with Crippen molar-refractivity contribution in [2.45, 2.75) is 0 Å². The van der Waals surface area contributed by atoms with Crippen LogP contribution in [0.3, 0.4) is 0 Å². The van der Waals surface area contributed by atoms with Crippen LogP contribution in [-0.4, -0.2) is 0 Å². The molecule has 0 radical (unpaired) electrons. The van der Waals surface area contributed by atoms with Gasteiger partial charge in [-0.25, -0.2) is 0 Å². The van der Waals surface area contributed by atoms with E-state index in [-0.39, 0.29) is 0 Å². The predicted octanol–water partition coefficient (Wildman–Crippen LogP) is 13.2. The fourth-order valence-electron chi connectivity index (χ4n) is 6.85. The maximum Gasteiger partial charge on any atom is 0.137 e. The monoisotopic (exact) mass is 613 g/mol. The Morgan fingerprint density at radius 2 is 0.854 bits per heavy atom. The minimum Gasteiger partial charge on any atom is -0.456 e. The van der Waals surface area contributed by atoms with E-state index in [1.165, 1.54) is 44.2 Å². The van der Waals surface area contributed by atoms with E-state index in [0.29, 0.717) is 0 Å². The summed E-state index contributed by atoms with van der Waals surface area (Å²) in [6, 6.07) is 66.9. The summed E-state index contributed by atoms with van der Waals surface area (Å²) < 4.78 is 6.31. The van der Waals surface area contributed by atoms with Gasteiger partial charge >= 0.3 is 0 Å². The van der Waals surface area contributed by atoms with Gasteiger partial charge in [0.15, 0.2) is 0 Å². The fraction of sp³-hybridized carbons (Fsp3) is 0. The van der Waals surface area contributed by atoms with Crippen molar-refractivity contribution < 1.29 is 4.42 Å². The van der Waals surface area contributed by atoms with Crippen molar-refractivity contribution in [1.29, 1.82) is 0 Å².